The first-order chi connectivity index (χ1) is 9.17. The molecule has 0 spiro atoms. The molecular formula is C18H33NO. The van der Waals surface area contributed by atoms with Gasteiger partial charge in [0.15, 0.2) is 0 Å². The molecule has 0 saturated carbocycles. The van der Waals surface area contributed by atoms with E-state index in [4.69, 9.17) is 0 Å². The maximum Gasteiger partial charge on any atom is 0.143 e. The number of ketones is 1. The molecular weight excluding hydrogens is 246 g/mol. The summed E-state index contributed by atoms with van der Waals surface area (Å²) >= 11 is 0. The lowest BCUT2D eigenvalue weighted by Gasteiger charge is -2.37. The predicted octanol–water partition coefficient (Wildman–Crippen LogP) is 4.49. The van der Waals surface area contributed by atoms with Gasteiger partial charge in [-0.25, -0.2) is 0 Å². The third-order valence-corrected chi connectivity index (χ3v) is 4.45. The van der Waals surface area contributed by atoms with Gasteiger partial charge in [-0.3, -0.25) is 4.79 Å². The molecule has 0 aliphatic heterocycles. The van der Waals surface area contributed by atoms with Gasteiger partial charge in [-0.05, 0) is 52.9 Å². The fourth-order valence-electron chi connectivity index (χ4n) is 2.91. The second-order valence-corrected chi connectivity index (χ2v) is 7.84. The van der Waals surface area contributed by atoms with Crippen LogP contribution in [-0.4, -0.2) is 17.4 Å². The highest BCUT2D eigenvalue weighted by molar-refractivity contribution is 5.87. The summed E-state index contributed by atoms with van der Waals surface area (Å²) in [5.41, 5.74) is -0.145. The molecule has 1 N–H and O–H groups in total. The molecule has 2 atom stereocenters. The van der Waals surface area contributed by atoms with E-state index in [0.29, 0.717) is 11.8 Å². The van der Waals surface area contributed by atoms with Gasteiger partial charge in [0.2, 0.25) is 0 Å². The number of hydrogen-bond donors (Lipinski definition) is 1. The van der Waals surface area contributed by atoms with E-state index in [9.17, 15) is 4.79 Å². The molecule has 0 unspecified atom stereocenters. The van der Waals surface area contributed by atoms with Crippen LogP contribution in [0.5, 0.6) is 0 Å². The monoisotopic (exact) mass is 279 g/mol. The van der Waals surface area contributed by atoms with Crippen molar-refractivity contribution in [1.82, 2.24) is 5.32 Å². The van der Waals surface area contributed by atoms with Crippen molar-refractivity contribution in [1.29, 1.82) is 0 Å². The minimum atomic E-state index is -0.203. The zero-order valence-corrected chi connectivity index (χ0v) is 14.3. The van der Waals surface area contributed by atoms with Gasteiger partial charge in [0.25, 0.3) is 0 Å². The average molecular weight is 279 g/mol. The Balaban J connectivity index is 2.94. The molecule has 0 amide bonds. The number of carbonyl (C=O) groups is 1. The zero-order valence-electron chi connectivity index (χ0n) is 14.3. The van der Waals surface area contributed by atoms with E-state index in [1.165, 1.54) is 0 Å². The molecule has 2 nitrogen and oxygen atoms in total. The van der Waals surface area contributed by atoms with Crippen LogP contribution < -0.4 is 5.32 Å². The fraction of sp³-hybridized carbons (Fsp3) is 0.833. The molecule has 0 saturated heterocycles. The summed E-state index contributed by atoms with van der Waals surface area (Å²) in [7, 11) is 0. The van der Waals surface area contributed by atoms with Gasteiger partial charge in [-0.2, -0.15) is 0 Å². The van der Waals surface area contributed by atoms with Crippen molar-refractivity contribution in [3.05, 3.63) is 12.2 Å². The lowest BCUT2D eigenvalue weighted by Crippen LogP contribution is -2.51. The minimum absolute atomic E-state index is 0.0580. The molecule has 116 valence electrons. The smallest absolute Gasteiger partial charge is 0.143 e. The van der Waals surface area contributed by atoms with Crippen molar-refractivity contribution in [2.75, 3.05) is 0 Å². The van der Waals surface area contributed by atoms with Gasteiger partial charge >= 0.3 is 0 Å². The molecule has 0 aromatic heterocycles. The maximum absolute atomic E-state index is 12.9. The van der Waals surface area contributed by atoms with Crippen LogP contribution in [0, 0.1) is 11.3 Å². The Hall–Kier alpha value is -0.630. The number of nitrogens with one attached hydrogen (secondary N) is 1. The second-order valence-electron chi connectivity index (χ2n) is 7.84. The lowest BCUT2D eigenvalue weighted by molar-refractivity contribution is -0.132. The highest BCUT2D eigenvalue weighted by atomic mass is 16.1. The topological polar surface area (TPSA) is 29.1 Å². The number of hydrogen-bond acceptors (Lipinski definition) is 2. The van der Waals surface area contributed by atoms with Crippen molar-refractivity contribution in [3.63, 3.8) is 0 Å². The molecule has 0 aromatic carbocycles. The van der Waals surface area contributed by atoms with Crippen LogP contribution >= 0.6 is 0 Å². The van der Waals surface area contributed by atoms with Crippen LogP contribution in [0.4, 0.5) is 0 Å². The van der Waals surface area contributed by atoms with Gasteiger partial charge in [-0.15, -0.1) is 0 Å². The molecule has 0 heterocycles. The third kappa shape index (κ3) is 5.05. The summed E-state index contributed by atoms with van der Waals surface area (Å²) in [6.45, 7) is 12.9. The summed E-state index contributed by atoms with van der Waals surface area (Å²) in [4.78, 5) is 12.9. The number of Topliss-reactive ketones (excluding diaryl/α,β-unsaturated/α-hetero) is 1. The van der Waals surface area contributed by atoms with Crippen LogP contribution in [0.15, 0.2) is 12.2 Å². The number of carbonyl (C=O) groups excluding carboxylic acids is 1. The van der Waals surface area contributed by atoms with Crippen LogP contribution in [0.1, 0.15) is 73.6 Å². The average Bonchev–Trinajstić information content (AvgIpc) is 2.31. The van der Waals surface area contributed by atoms with Crippen molar-refractivity contribution >= 4 is 5.78 Å². The van der Waals surface area contributed by atoms with Crippen molar-refractivity contribution in [2.24, 2.45) is 11.3 Å². The lowest BCUT2D eigenvalue weighted by atomic mass is 9.73. The van der Waals surface area contributed by atoms with Gasteiger partial charge in [0, 0.05) is 22.9 Å². The largest absolute Gasteiger partial charge is 0.309 e. The maximum atomic E-state index is 12.9. The summed E-state index contributed by atoms with van der Waals surface area (Å²) in [5, 5.41) is 3.70. The Morgan fingerprint density at radius 3 is 2.15 bits per heavy atom. The molecule has 0 fully saturated rings. The van der Waals surface area contributed by atoms with Gasteiger partial charge in [-0.1, -0.05) is 32.9 Å². The Bertz CT molecular complexity index is 349. The molecule has 0 bridgehead atoms. The highest BCUT2D eigenvalue weighted by Crippen LogP contribution is 2.32. The molecule has 1 aliphatic rings. The second kappa shape index (κ2) is 6.89. The van der Waals surface area contributed by atoms with Gasteiger partial charge in [0.05, 0.1) is 0 Å². The Labute approximate surface area is 125 Å². The van der Waals surface area contributed by atoms with Crippen LogP contribution in [-0.2, 0) is 4.79 Å². The fourth-order valence-corrected chi connectivity index (χ4v) is 2.91. The minimum Gasteiger partial charge on any atom is -0.309 e. The van der Waals surface area contributed by atoms with Crippen molar-refractivity contribution in [2.45, 2.75) is 85.2 Å². The molecule has 20 heavy (non-hydrogen) atoms. The van der Waals surface area contributed by atoms with E-state index < -0.39 is 0 Å². The quantitative estimate of drug-likeness (QED) is 0.768. The SMILES string of the molecule is CCC(C)(C)C(=O)[C@@H]1CC/C=C\CC[C@@H]1NC(C)(C)C. The molecule has 0 aromatic rings. The molecule has 1 aliphatic carbocycles. The summed E-state index contributed by atoms with van der Waals surface area (Å²) < 4.78 is 0. The molecule has 2 heteroatoms. The summed E-state index contributed by atoms with van der Waals surface area (Å²) in [6.07, 6.45) is 9.56. The first-order valence-electron chi connectivity index (χ1n) is 8.14. The predicted molar refractivity (Wildman–Crippen MR) is 86.9 cm³/mol. The summed E-state index contributed by atoms with van der Waals surface area (Å²) in [6, 6.07) is 0.304. The zero-order chi connectivity index (χ0) is 15.4. The Morgan fingerprint density at radius 2 is 1.65 bits per heavy atom. The third-order valence-electron chi connectivity index (χ3n) is 4.45. The van der Waals surface area contributed by atoms with E-state index >= 15 is 0 Å². The van der Waals surface area contributed by atoms with E-state index in [1.807, 2.05) is 0 Å². The molecule has 1 rings (SSSR count). The Morgan fingerprint density at radius 1 is 1.10 bits per heavy atom. The van der Waals surface area contributed by atoms with Gasteiger partial charge in [0.1, 0.15) is 5.78 Å². The van der Waals surface area contributed by atoms with E-state index in [-0.39, 0.29) is 16.9 Å². The number of allylic oxidation sites excluding steroid dienone is 2. The first kappa shape index (κ1) is 17.4. The Kier molecular flexibility index (Phi) is 6.00. The van der Waals surface area contributed by atoms with Crippen molar-refractivity contribution in [3.8, 4) is 0 Å². The summed E-state index contributed by atoms with van der Waals surface area (Å²) in [5.74, 6) is 0.589. The van der Waals surface area contributed by atoms with Gasteiger partial charge < -0.3 is 5.32 Å². The van der Waals surface area contributed by atoms with E-state index in [1.54, 1.807) is 0 Å². The van der Waals surface area contributed by atoms with E-state index in [0.717, 1.165) is 32.1 Å². The number of rotatable bonds is 4. The normalized spacial score (nSPS) is 26.7. The van der Waals surface area contributed by atoms with E-state index in [2.05, 4.69) is 59.0 Å². The van der Waals surface area contributed by atoms with Crippen LogP contribution in [0.3, 0.4) is 0 Å². The van der Waals surface area contributed by atoms with Crippen LogP contribution in [0.25, 0.3) is 0 Å². The molecule has 0 radical (unpaired) electrons. The standard InChI is InChI=1S/C18H33NO/c1-7-18(5,6)16(20)14-12-10-8-9-11-13-15(14)19-17(2,3)4/h8-9,14-15,19H,7,10-13H2,1-6H3/b9-8-/t14-,15+/m1/s1. The first-order valence-corrected chi connectivity index (χ1v) is 8.14. The van der Waals surface area contributed by atoms with Crippen LogP contribution in [0.2, 0.25) is 0 Å². The highest BCUT2D eigenvalue weighted by Gasteiger charge is 2.37. The van der Waals surface area contributed by atoms with Crippen molar-refractivity contribution < 1.29 is 4.79 Å².